The zero-order chi connectivity index (χ0) is 26.5. The average Bonchev–Trinajstić information content (AvgIpc) is 2.89. The van der Waals surface area contributed by atoms with Crippen LogP contribution in [0.5, 0.6) is 0 Å². The van der Waals surface area contributed by atoms with Crippen LogP contribution in [0.25, 0.3) is 0 Å². The molecule has 0 bridgehead atoms. The van der Waals surface area contributed by atoms with Crippen LogP contribution >= 0.6 is 0 Å². The van der Waals surface area contributed by atoms with Crippen LogP contribution in [-0.4, -0.2) is 34.3 Å². The molecule has 0 spiro atoms. The van der Waals surface area contributed by atoms with Gasteiger partial charge in [0.1, 0.15) is 6.54 Å². The molecular weight excluding hydrogens is 512 g/mol. The smallest absolute Gasteiger partial charge is 0.264 e. The highest BCUT2D eigenvalue weighted by molar-refractivity contribution is 7.93. The Bertz CT molecular complexity index is 1590. The van der Waals surface area contributed by atoms with E-state index >= 15 is 0 Å². The van der Waals surface area contributed by atoms with E-state index in [9.17, 15) is 21.6 Å². The summed E-state index contributed by atoms with van der Waals surface area (Å²) in [4.78, 5) is 16.9. The molecule has 11 heteroatoms. The molecule has 1 aromatic heterocycles. The zero-order valence-corrected chi connectivity index (χ0v) is 21.4. The number of anilines is 3. The molecule has 0 unspecified atom stereocenters. The summed E-state index contributed by atoms with van der Waals surface area (Å²) in [5.41, 5.74) is 1.69. The lowest BCUT2D eigenvalue weighted by atomic mass is 10.2. The van der Waals surface area contributed by atoms with Crippen molar-refractivity contribution in [2.75, 3.05) is 20.9 Å². The SMILES string of the molecule is Cc1ccccc1N(CC(=O)Nc1ccc(S(=O)(=O)Nc2cccnc2)cc1)S(=O)(=O)c1ccccc1. The summed E-state index contributed by atoms with van der Waals surface area (Å²) in [5, 5.41) is 2.64. The number of nitrogens with zero attached hydrogens (tertiary/aromatic N) is 2. The Hall–Kier alpha value is -4.22. The molecule has 0 atom stereocenters. The van der Waals surface area contributed by atoms with Crippen molar-refractivity contribution < 1.29 is 21.6 Å². The maximum Gasteiger partial charge on any atom is 0.264 e. The second-order valence-corrected chi connectivity index (χ2v) is 11.6. The normalized spacial score (nSPS) is 11.5. The van der Waals surface area contributed by atoms with Crippen molar-refractivity contribution in [3.63, 3.8) is 0 Å². The number of nitrogens with one attached hydrogen (secondary N) is 2. The summed E-state index contributed by atoms with van der Waals surface area (Å²) in [7, 11) is -7.90. The molecule has 190 valence electrons. The average molecular weight is 537 g/mol. The second kappa shape index (κ2) is 10.8. The summed E-state index contributed by atoms with van der Waals surface area (Å²) in [6.45, 7) is 1.28. The lowest BCUT2D eigenvalue weighted by Crippen LogP contribution is -2.38. The van der Waals surface area contributed by atoms with Crippen molar-refractivity contribution in [2.45, 2.75) is 16.7 Å². The van der Waals surface area contributed by atoms with Gasteiger partial charge in [0, 0.05) is 11.9 Å². The molecule has 2 N–H and O–H groups in total. The highest BCUT2D eigenvalue weighted by Crippen LogP contribution is 2.27. The van der Waals surface area contributed by atoms with Crippen molar-refractivity contribution in [2.24, 2.45) is 0 Å². The molecule has 4 aromatic rings. The van der Waals surface area contributed by atoms with Crippen LogP contribution in [0.1, 0.15) is 5.56 Å². The van der Waals surface area contributed by atoms with Crippen LogP contribution in [0.4, 0.5) is 17.1 Å². The predicted octanol–water partition coefficient (Wildman–Crippen LogP) is 4.02. The van der Waals surface area contributed by atoms with Gasteiger partial charge in [-0.1, -0.05) is 36.4 Å². The van der Waals surface area contributed by atoms with Crippen molar-refractivity contribution in [3.8, 4) is 0 Å². The summed E-state index contributed by atoms with van der Waals surface area (Å²) in [6.07, 6.45) is 2.91. The largest absolute Gasteiger partial charge is 0.325 e. The number of aromatic nitrogens is 1. The lowest BCUT2D eigenvalue weighted by molar-refractivity contribution is -0.114. The van der Waals surface area contributed by atoms with Crippen LogP contribution in [-0.2, 0) is 24.8 Å². The molecular formula is C26H24N4O5S2. The van der Waals surface area contributed by atoms with E-state index in [1.165, 1.54) is 48.8 Å². The minimum atomic E-state index is -4.04. The number of benzene rings is 3. The van der Waals surface area contributed by atoms with Gasteiger partial charge in [0.2, 0.25) is 5.91 Å². The number of pyridine rings is 1. The first-order chi connectivity index (χ1) is 17.7. The summed E-state index contributed by atoms with van der Waals surface area (Å²) >= 11 is 0. The van der Waals surface area contributed by atoms with Gasteiger partial charge < -0.3 is 5.32 Å². The molecule has 0 radical (unpaired) electrons. The van der Waals surface area contributed by atoms with E-state index in [1.54, 1.807) is 61.5 Å². The van der Waals surface area contributed by atoms with Crippen molar-refractivity contribution in [1.29, 1.82) is 0 Å². The molecule has 4 rings (SSSR count). The summed E-state index contributed by atoms with van der Waals surface area (Å²) < 4.78 is 55.6. The quantitative estimate of drug-likeness (QED) is 0.333. The van der Waals surface area contributed by atoms with Crippen LogP contribution in [0, 0.1) is 6.92 Å². The molecule has 0 aliphatic rings. The molecule has 0 saturated carbocycles. The van der Waals surface area contributed by atoms with E-state index in [0.29, 0.717) is 22.6 Å². The van der Waals surface area contributed by atoms with Crippen molar-refractivity contribution in [3.05, 3.63) is 109 Å². The van der Waals surface area contributed by atoms with Crippen LogP contribution < -0.4 is 14.3 Å². The zero-order valence-electron chi connectivity index (χ0n) is 19.8. The Morgan fingerprint density at radius 2 is 1.46 bits per heavy atom. The van der Waals surface area contributed by atoms with Crippen LogP contribution in [0.2, 0.25) is 0 Å². The fourth-order valence-electron chi connectivity index (χ4n) is 3.55. The first kappa shape index (κ1) is 25.9. The van der Waals surface area contributed by atoms with E-state index in [1.807, 2.05) is 0 Å². The maximum absolute atomic E-state index is 13.4. The number of sulfonamides is 2. The number of para-hydroxylation sites is 1. The van der Waals surface area contributed by atoms with Gasteiger partial charge in [-0.2, -0.15) is 0 Å². The van der Waals surface area contributed by atoms with Gasteiger partial charge in [-0.05, 0) is 67.1 Å². The van der Waals surface area contributed by atoms with Gasteiger partial charge in [0.15, 0.2) is 0 Å². The van der Waals surface area contributed by atoms with Crippen molar-refractivity contribution in [1.82, 2.24) is 4.98 Å². The Morgan fingerprint density at radius 1 is 0.784 bits per heavy atom. The first-order valence-corrected chi connectivity index (χ1v) is 14.1. The summed E-state index contributed by atoms with van der Waals surface area (Å²) in [6, 6.07) is 23.5. The topological polar surface area (TPSA) is 126 Å². The predicted molar refractivity (Wildman–Crippen MR) is 142 cm³/mol. The van der Waals surface area contributed by atoms with E-state index < -0.39 is 32.5 Å². The van der Waals surface area contributed by atoms with Gasteiger partial charge >= 0.3 is 0 Å². The molecule has 3 aromatic carbocycles. The molecule has 0 aliphatic carbocycles. The van der Waals surface area contributed by atoms with Gasteiger partial charge in [0.05, 0.1) is 27.4 Å². The summed E-state index contributed by atoms with van der Waals surface area (Å²) in [5.74, 6) is -0.591. The third-order valence-corrected chi connectivity index (χ3v) is 8.54. The van der Waals surface area contributed by atoms with Gasteiger partial charge in [0.25, 0.3) is 20.0 Å². The molecule has 0 saturated heterocycles. The third kappa shape index (κ3) is 6.13. The monoisotopic (exact) mass is 536 g/mol. The van der Waals surface area contributed by atoms with Gasteiger partial charge in [-0.3, -0.25) is 18.8 Å². The van der Waals surface area contributed by atoms with Crippen molar-refractivity contribution >= 4 is 43.0 Å². The molecule has 9 nitrogen and oxygen atoms in total. The minimum absolute atomic E-state index is 0.0115. The second-order valence-electron chi connectivity index (χ2n) is 8.03. The fraction of sp³-hybridized carbons (Fsp3) is 0.0769. The van der Waals surface area contributed by atoms with E-state index in [2.05, 4.69) is 15.0 Å². The number of hydrogen-bond acceptors (Lipinski definition) is 6. The molecule has 0 fully saturated rings. The number of amides is 1. The van der Waals surface area contributed by atoms with E-state index in [-0.39, 0.29) is 9.79 Å². The first-order valence-electron chi connectivity index (χ1n) is 11.1. The Labute approximate surface area is 215 Å². The number of carbonyl (C=O) groups is 1. The molecule has 1 heterocycles. The Kier molecular flexibility index (Phi) is 7.55. The lowest BCUT2D eigenvalue weighted by Gasteiger charge is -2.25. The third-order valence-electron chi connectivity index (χ3n) is 5.36. The van der Waals surface area contributed by atoms with Gasteiger partial charge in [-0.15, -0.1) is 0 Å². The van der Waals surface area contributed by atoms with E-state index in [0.717, 1.165) is 4.31 Å². The molecule has 0 aliphatic heterocycles. The standard InChI is InChI=1S/C26H24N4O5S2/c1-20-8-5-6-12-25(20)30(37(34,35)24-10-3-2-4-11-24)19-26(31)28-21-13-15-23(16-14-21)36(32,33)29-22-9-7-17-27-18-22/h2-18,29H,19H2,1H3,(H,28,31). The van der Waals surface area contributed by atoms with Gasteiger partial charge in [-0.25, -0.2) is 16.8 Å². The number of aryl methyl sites for hydroxylation is 1. The number of hydrogen-bond donors (Lipinski definition) is 2. The van der Waals surface area contributed by atoms with E-state index in [4.69, 9.17) is 0 Å². The maximum atomic E-state index is 13.4. The molecule has 37 heavy (non-hydrogen) atoms. The minimum Gasteiger partial charge on any atom is -0.325 e. The fourth-order valence-corrected chi connectivity index (χ4v) is 6.10. The number of carbonyl (C=O) groups excluding carboxylic acids is 1. The highest BCUT2D eigenvalue weighted by atomic mass is 32.2. The van der Waals surface area contributed by atoms with Crippen LogP contribution in [0.3, 0.4) is 0 Å². The Balaban J connectivity index is 1.53. The molecule has 1 amide bonds. The van der Waals surface area contributed by atoms with Crippen LogP contribution in [0.15, 0.2) is 113 Å². The Morgan fingerprint density at radius 3 is 2.11 bits per heavy atom. The number of rotatable bonds is 9. The highest BCUT2D eigenvalue weighted by Gasteiger charge is 2.28.